The van der Waals surface area contributed by atoms with Crippen LogP contribution in [0.2, 0.25) is 0 Å². The summed E-state index contributed by atoms with van der Waals surface area (Å²) in [4.78, 5) is 0. The first-order chi connectivity index (χ1) is 8.97. The Morgan fingerprint density at radius 3 is 2.89 bits per heavy atom. The second-order valence-corrected chi connectivity index (χ2v) is 5.60. The highest BCUT2D eigenvalue weighted by atomic mass is 16.7. The fourth-order valence-corrected chi connectivity index (χ4v) is 2.43. The lowest BCUT2D eigenvalue weighted by molar-refractivity contribution is 0.173. The Labute approximate surface area is 113 Å². The van der Waals surface area contributed by atoms with Crippen LogP contribution in [0.1, 0.15) is 19.4 Å². The fourth-order valence-electron chi connectivity index (χ4n) is 2.43. The van der Waals surface area contributed by atoms with Gasteiger partial charge in [-0.05, 0) is 31.9 Å². The van der Waals surface area contributed by atoms with Crippen molar-refractivity contribution >= 4 is 12.6 Å². The second-order valence-electron chi connectivity index (χ2n) is 5.60. The quantitative estimate of drug-likeness (QED) is 0.764. The molecular formula is C14H18BNO3. The number of nitrogens with two attached hydrogens (primary N) is 1. The van der Waals surface area contributed by atoms with Gasteiger partial charge in [-0.1, -0.05) is 18.7 Å². The predicted molar refractivity (Wildman–Crippen MR) is 74.4 cm³/mol. The first-order valence-electron chi connectivity index (χ1n) is 6.51. The molecule has 1 atom stereocenters. The molecule has 0 radical (unpaired) electrons. The summed E-state index contributed by atoms with van der Waals surface area (Å²) < 4.78 is 17.3. The summed E-state index contributed by atoms with van der Waals surface area (Å²) in [6, 6.07) is 5.93. The molecule has 1 saturated heterocycles. The first-order valence-corrected chi connectivity index (χ1v) is 6.51. The Balaban J connectivity index is 1.96. The van der Waals surface area contributed by atoms with Gasteiger partial charge in [0.15, 0.2) is 0 Å². The Morgan fingerprint density at radius 1 is 1.42 bits per heavy atom. The molecule has 2 N–H and O–H groups in total. The van der Waals surface area contributed by atoms with Crippen LogP contribution in [0.4, 0.5) is 0 Å². The summed E-state index contributed by atoms with van der Waals surface area (Å²) in [5.74, 6) is 1.53. The maximum atomic E-state index is 5.97. The van der Waals surface area contributed by atoms with Gasteiger partial charge in [0.25, 0.3) is 0 Å². The van der Waals surface area contributed by atoms with Gasteiger partial charge in [-0.2, -0.15) is 0 Å². The van der Waals surface area contributed by atoms with Crippen molar-refractivity contribution in [3.63, 3.8) is 0 Å². The molecule has 4 nitrogen and oxygen atoms in total. The molecule has 0 bridgehead atoms. The molecule has 2 aliphatic heterocycles. The zero-order valence-electron chi connectivity index (χ0n) is 11.3. The van der Waals surface area contributed by atoms with Gasteiger partial charge >= 0.3 is 7.12 Å². The molecule has 5 heteroatoms. The monoisotopic (exact) mass is 259 g/mol. The van der Waals surface area contributed by atoms with Crippen molar-refractivity contribution in [1.29, 1.82) is 0 Å². The minimum absolute atomic E-state index is 0.0197. The predicted octanol–water partition coefficient (Wildman–Crippen LogP) is 0.983. The summed E-state index contributed by atoms with van der Waals surface area (Å²) in [5.41, 5.74) is 7.57. The van der Waals surface area contributed by atoms with E-state index in [0.717, 1.165) is 23.2 Å². The number of hydrogen-bond donors (Lipinski definition) is 1. The van der Waals surface area contributed by atoms with Gasteiger partial charge < -0.3 is 19.8 Å². The van der Waals surface area contributed by atoms with Crippen LogP contribution in [0.15, 0.2) is 30.5 Å². The molecule has 0 saturated carbocycles. The zero-order valence-corrected chi connectivity index (χ0v) is 11.3. The van der Waals surface area contributed by atoms with Gasteiger partial charge in [-0.3, -0.25) is 0 Å². The number of benzene rings is 1. The van der Waals surface area contributed by atoms with E-state index in [1.165, 1.54) is 0 Å². The molecular weight excluding hydrogens is 241 g/mol. The van der Waals surface area contributed by atoms with Crippen LogP contribution in [0, 0.1) is 0 Å². The first kappa shape index (κ1) is 12.6. The van der Waals surface area contributed by atoms with Crippen molar-refractivity contribution in [1.82, 2.24) is 0 Å². The highest BCUT2D eigenvalue weighted by Gasteiger charge is 2.44. The second kappa shape index (κ2) is 4.29. The number of ether oxygens (including phenoxy) is 1. The fraction of sp³-hybridized carbons (Fsp3) is 0.429. The molecule has 2 aliphatic rings. The van der Waals surface area contributed by atoms with Crippen molar-refractivity contribution in [3.8, 4) is 5.75 Å². The van der Waals surface area contributed by atoms with Crippen LogP contribution in [0.25, 0.3) is 0 Å². The van der Waals surface area contributed by atoms with Crippen molar-refractivity contribution in [2.45, 2.75) is 31.9 Å². The maximum Gasteiger partial charge on any atom is 0.563 e. The molecule has 1 aromatic carbocycles. The van der Waals surface area contributed by atoms with E-state index in [1.54, 1.807) is 0 Å². The third-order valence-corrected chi connectivity index (χ3v) is 3.66. The van der Waals surface area contributed by atoms with Gasteiger partial charge in [0, 0.05) is 11.5 Å². The number of hydrogen-bond acceptors (Lipinski definition) is 4. The standard InChI is InChI=1S/C14H18BNO3/c1-9-14(2,3)19-15(18-9)12-5-4-6-13-11(12)7-10(16)8-17-13/h4-6,10H,1,7-8,16H2,2-3H3/t10-/m0/s1. The maximum absolute atomic E-state index is 5.97. The summed E-state index contributed by atoms with van der Waals surface area (Å²) in [6.07, 6.45) is 0.779. The van der Waals surface area contributed by atoms with Crippen LogP contribution in [-0.2, 0) is 15.7 Å². The van der Waals surface area contributed by atoms with Crippen molar-refractivity contribution in [2.75, 3.05) is 6.61 Å². The molecule has 0 aromatic heterocycles. The Kier molecular flexibility index (Phi) is 2.84. The SMILES string of the molecule is C=C1OB(c2cccc3c2C[C@H](N)CO3)OC1(C)C. The van der Waals surface area contributed by atoms with Crippen molar-refractivity contribution in [2.24, 2.45) is 5.73 Å². The van der Waals surface area contributed by atoms with E-state index in [-0.39, 0.29) is 6.04 Å². The van der Waals surface area contributed by atoms with Gasteiger partial charge in [-0.25, -0.2) is 0 Å². The summed E-state index contributed by atoms with van der Waals surface area (Å²) >= 11 is 0. The van der Waals surface area contributed by atoms with E-state index in [4.69, 9.17) is 19.8 Å². The average Bonchev–Trinajstić information content (AvgIpc) is 2.63. The number of rotatable bonds is 1. The normalized spacial score (nSPS) is 24.7. The van der Waals surface area contributed by atoms with Gasteiger partial charge in [0.2, 0.25) is 0 Å². The molecule has 100 valence electrons. The molecule has 0 spiro atoms. The van der Waals surface area contributed by atoms with Crippen molar-refractivity contribution in [3.05, 3.63) is 36.1 Å². The lowest BCUT2D eigenvalue weighted by Crippen LogP contribution is -2.42. The van der Waals surface area contributed by atoms with Gasteiger partial charge in [0.1, 0.15) is 18.0 Å². The topological polar surface area (TPSA) is 53.7 Å². The highest BCUT2D eigenvalue weighted by molar-refractivity contribution is 6.63. The molecule has 2 heterocycles. The van der Waals surface area contributed by atoms with Crippen LogP contribution in [0.3, 0.4) is 0 Å². The van der Waals surface area contributed by atoms with E-state index in [9.17, 15) is 0 Å². The van der Waals surface area contributed by atoms with Crippen LogP contribution in [0.5, 0.6) is 5.75 Å². The summed E-state index contributed by atoms with van der Waals surface area (Å²) in [5, 5.41) is 0. The Morgan fingerprint density at radius 2 is 2.21 bits per heavy atom. The third kappa shape index (κ3) is 2.13. The van der Waals surface area contributed by atoms with Crippen molar-refractivity contribution < 1.29 is 14.0 Å². The Bertz CT molecular complexity index is 529. The minimum atomic E-state index is -0.467. The van der Waals surface area contributed by atoms with E-state index < -0.39 is 12.7 Å². The molecule has 1 aromatic rings. The molecule has 3 rings (SSSR count). The molecule has 0 unspecified atom stereocenters. The number of fused-ring (bicyclic) bond motifs is 1. The zero-order chi connectivity index (χ0) is 13.6. The van der Waals surface area contributed by atoms with E-state index >= 15 is 0 Å². The smallest absolute Gasteiger partial charge is 0.534 e. The van der Waals surface area contributed by atoms with E-state index in [2.05, 4.69) is 6.58 Å². The van der Waals surface area contributed by atoms with Crippen LogP contribution >= 0.6 is 0 Å². The van der Waals surface area contributed by atoms with E-state index in [0.29, 0.717) is 12.4 Å². The third-order valence-electron chi connectivity index (χ3n) is 3.66. The molecule has 0 amide bonds. The minimum Gasteiger partial charge on any atom is -0.534 e. The molecule has 19 heavy (non-hydrogen) atoms. The van der Waals surface area contributed by atoms with Gasteiger partial charge in [0.05, 0.1) is 5.76 Å². The van der Waals surface area contributed by atoms with Gasteiger partial charge in [-0.15, -0.1) is 0 Å². The van der Waals surface area contributed by atoms with E-state index in [1.807, 2.05) is 32.0 Å². The average molecular weight is 259 g/mol. The van der Waals surface area contributed by atoms with Crippen LogP contribution < -0.4 is 15.9 Å². The Hall–Kier alpha value is -1.46. The summed E-state index contributed by atoms with van der Waals surface area (Å²) in [6.45, 7) is 8.37. The molecule has 0 aliphatic carbocycles. The summed E-state index contributed by atoms with van der Waals surface area (Å²) in [7, 11) is -0.425. The highest BCUT2D eigenvalue weighted by Crippen LogP contribution is 2.31. The largest absolute Gasteiger partial charge is 0.563 e. The lowest BCUT2D eigenvalue weighted by Gasteiger charge is -2.25. The lowest BCUT2D eigenvalue weighted by atomic mass is 9.74. The van der Waals surface area contributed by atoms with Crippen LogP contribution in [-0.4, -0.2) is 25.4 Å². The molecule has 1 fully saturated rings.